The van der Waals surface area contributed by atoms with E-state index in [1.807, 2.05) is 20.8 Å². The number of aryl methyl sites for hydroxylation is 1. The molecule has 18 heavy (non-hydrogen) atoms. The molecular formula is C13H16ClNO3. The van der Waals surface area contributed by atoms with Crippen LogP contribution in [0, 0.1) is 22.5 Å². The molecule has 2 unspecified atom stereocenters. The monoisotopic (exact) mass is 269 g/mol. The van der Waals surface area contributed by atoms with Gasteiger partial charge in [0.2, 0.25) is 0 Å². The molecular weight excluding hydrogens is 254 g/mol. The van der Waals surface area contributed by atoms with Crippen LogP contribution in [0.15, 0.2) is 18.2 Å². The molecule has 1 aromatic carbocycles. The van der Waals surface area contributed by atoms with Crippen molar-refractivity contribution in [2.75, 3.05) is 0 Å². The zero-order valence-corrected chi connectivity index (χ0v) is 11.4. The molecule has 1 saturated carbocycles. The van der Waals surface area contributed by atoms with E-state index in [2.05, 4.69) is 0 Å². The topological polar surface area (TPSA) is 52.4 Å². The van der Waals surface area contributed by atoms with Gasteiger partial charge in [-0.15, -0.1) is 11.6 Å². The number of halogens is 1. The highest BCUT2D eigenvalue weighted by atomic mass is 35.5. The summed E-state index contributed by atoms with van der Waals surface area (Å²) in [6.07, 6.45) is 0.653. The van der Waals surface area contributed by atoms with Gasteiger partial charge in [-0.1, -0.05) is 19.9 Å². The second-order valence-corrected chi connectivity index (χ2v) is 5.89. The first-order valence-electron chi connectivity index (χ1n) is 5.88. The van der Waals surface area contributed by atoms with Crippen LogP contribution in [0.4, 0.5) is 5.69 Å². The summed E-state index contributed by atoms with van der Waals surface area (Å²) >= 11 is 6.12. The van der Waals surface area contributed by atoms with E-state index in [1.54, 1.807) is 12.1 Å². The molecule has 2 atom stereocenters. The van der Waals surface area contributed by atoms with Gasteiger partial charge in [-0.3, -0.25) is 10.1 Å². The number of benzene rings is 1. The van der Waals surface area contributed by atoms with E-state index in [-0.39, 0.29) is 22.6 Å². The van der Waals surface area contributed by atoms with Gasteiger partial charge in [0, 0.05) is 23.3 Å². The summed E-state index contributed by atoms with van der Waals surface area (Å²) in [7, 11) is 0. The van der Waals surface area contributed by atoms with E-state index in [0.29, 0.717) is 5.75 Å². The zero-order chi connectivity index (χ0) is 13.5. The lowest BCUT2D eigenvalue weighted by molar-refractivity contribution is -0.386. The van der Waals surface area contributed by atoms with E-state index in [1.165, 1.54) is 6.07 Å². The molecule has 0 aliphatic heterocycles. The van der Waals surface area contributed by atoms with Crippen LogP contribution in [-0.4, -0.2) is 16.4 Å². The van der Waals surface area contributed by atoms with Crippen LogP contribution >= 0.6 is 11.6 Å². The maximum atomic E-state index is 10.9. The minimum Gasteiger partial charge on any atom is -0.483 e. The Hall–Kier alpha value is -1.29. The highest BCUT2D eigenvalue weighted by Crippen LogP contribution is 2.47. The minimum atomic E-state index is -0.418. The lowest BCUT2D eigenvalue weighted by Crippen LogP contribution is -2.53. The molecule has 0 N–H and O–H groups in total. The van der Waals surface area contributed by atoms with E-state index in [9.17, 15) is 10.1 Å². The van der Waals surface area contributed by atoms with Crippen molar-refractivity contribution in [3.63, 3.8) is 0 Å². The number of ether oxygens (including phenoxy) is 1. The lowest BCUT2D eigenvalue weighted by Gasteiger charge is -2.48. The number of nitro benzene ring substituents is 1. The molecule has 0 radical (unpaired) electrons. The maximum Gasteiger partial charge on any atom is 0.310 e. The van der Waals surface area contributed by atoms with Gasteiger partial charge in [-0.2, -0.15) is 0 Å². The number of alkyl halides is 1. The third-order valence-corrected chi connectivity index (χ3v) is 4.38. The van der Waals surface area contributed by atoms with Crippen molar-refractivity contribution in [2.24, 2.45) is 5.41 Å². The fourth-order valence-corrected chi connectivity index (χ4v) is 2.36. The molecule has 0 heterocycles. The smallest absolute Gasteiger partial charge is 0.310 e. The second kappa shape index (κ2) is 4.43. The quantitative estimate of drug-likeness (QED) is 0.478. The Morgan fingerprint density at radius 1 is 1.50 bits per heavy atom. The first-order chi connectivity index (χ1) is 8.32. The van der Waals surface area contributed by atoms with Crippen molar-refractivity contribution in [3.05, 3.63) is 33.9 Å². The number of rotatable bonds is 3. The van der Waals surface area contributed by atoms with Gasteiger partial charge in [-0.05, 0) is 18.6 Å². The maximum absolute atomic E-state index is 10.9. The van der Waals surface area contributed by atoms with Gasteiger partial charge in [-0.25, -0.2) is 0 Å². The van der Waals surface area contributed by atoms with Crippen LogP contribution in [0.3, 0.4) is 0 Å². The van der Waals surface area contributed by atoms with Crippen molar-refractivity contribution < 1.29 is 9.66 Å². The molecule has 1 fully saturated rings. The summed E-state index contributed by atoms with van der Waals surface area (Å²) < 4.78 is 5.78. The lowest BCUT2D eigenvalue weighted by atomic mass is 9.68. The Morgan fingerprint density at radius 3 is 2.67 bits per heavy atom. The Bertz CT molecular complexity index is 487. The van der Waals surface area contributed by atoms with E-state index in [0.717, 1.165) is 12.0 Å². The molecule has 0 amide bonds. The number of nitrogens with zero attached hydrogens (tertiary/aromatic N) is 1. The molecule has 2 rings (SSSR count). The SMILES string of the molecule is Cc1ccc([N+](=O)[O-])c(OC2CC(Cl)C2(C)C)c1. The van der Waals surface area contributed by atoms with Crippen LogP contribution in [0.5, 0.6) is 5.75 Å². The average Bonchev–Trinajstić information content (AvgIpc) is 2.28. The summed E-state index contributed by atoms with van der Waals surface area (Å²) in [5.41, 5.74) is 0.795. The molecule has 98 valence electrons. The van der Waals surface area contributed by atoms with Gasteiger partial charge in [0.05, 0.1) is 4.92 Å². The third kappa shape index (κ3) is 2.17. The van der Waals surface area contributed by atoms with E-state index >= 15 is 0 Å². The summed E-state index contributed by atoms with van der Waals surface area (Å²) in [5.74, 6) is 0.335. The zero-order valence-electron chi connectivity index (χ0n) is 10.6. The highest BCUT2D eigenvalue weighted by Gasteiger charge is 2.49. The summed E-state index contributed by atoms with van der Waals surface area (Å²) in [6, 6.07) is 4.89. The second-order valence-electron chi connectivity index (χ2n) is 5.36. The summed E-state index contributed by atoms with van der Waals surface area (Å²) in [6.45, 7) is 5.91. The molecule has 1 aromatic rings. The molecule has 5 heteroatoms. The van der Waals surface area contributed by atoms with Gasteiger partial charge < -0.3 is 4.74 Å². The normalized spacial score (nSPS) is 25.3. The van der Waals surface area contributed by atoms with E-state index < -0.39 is 4.92 Å². The Balaban J connectivity index is 2.24. The van der Waals surface area contributed by atoms with Crippen LogP contribution in [0.25, 0.3) is 0 Å². The fraction of sp³-hybridized carbons (Fsp3) is 0.538. The van der Waals surface area contributed by atoms with Crippen molar-refractivity contribution in [3.8, 4) is 5.75 Å². The Kier molecular flexibility index (Phi) is 3.23. The van der Waals surface area contributed by atoms with Crippen molar-refractivity contribution >= 4 is 17.3 Å². The minimum absolute atomic E-state index is 0.00872. The first-order valence-corrected chi connectivity index (χ1v) is 6.32. The summed E-state index contributed by atoms with van der Waals surface area (Å²) in [4.78, 5) is 10.5. The molecule has 4 nitrogen and oxygen atoms in total. The molecule has 1 aliphatic rings. The highest BCUT2D eigenvalue weighted by molar-refractivity contribution is 6.21. The number of hydrogen-bond donors (Lipinski definition) is 0. The Morgan fingerprint density at radius 2 is 2.17 bits per heavy atom. The van der Waals surface area contributed by atoms with Crippen molar-refractivity contribution in [1.29, 1.82) is 0 Å². The number of nitro groups is 1. The molecule has 0 bridgehead atoms. The predicted molar refractivity (Wildman–Crippen MR) is 70.3 cm³/mol. The third-order valence-electron chi connectivity index (χ3n) is 3.64. The average molecular weight is 270 g/mol. The molecule has 0 aromatic heterocycles. The predicted octanol–water partition coefficient (Wildman–Crippen LogP) is 3.69. The van der Waals surface area contributed by atoms with Crippen molar-refractivity contribution in [2.45, 2.75) is 38.7 Å². The largest absolute Gasteiger partial charge is 0.483 e. The Labute approximate surface area is 111 Å². The van der Waals surface area contributed by atoms with Gasteiger partial charge in [0.1, 0.15) is 6.10 Å². The van der Waals surface area contributed by atoms with Gasteiger partial charge in [0.15, 0.2) is 5.75 Å². The standard InChI is InChI=1S/C13H16ClNO3/c1-8-4-5-9(15(16)17)10(6-8)18-12-7-11(14)13(12,2)3/h4-6,11-12H,7H2,1-3H3. The fourth-order valence-electron chi connectivity index (χ4n) is 2.06. The molecule has 1 aliphatic carbocycles. The van der Waals surface area contributed by atoms with E-state index in [4.69, 9.17) is 16.3 Å². The molecule has 0 spiro atoms. The number of hydrogen-bond acceptors (Lipinski definition) is 3. The van der Waals surface area contributed by atoms with Gasteiger partial charge >= 0.3 is 5.69 Å². The first kappa shape index (κ1) is 13.1. The van der Waals surface area contributed by atoms with Crippen LogP contribution < -0.4 is 4.74 Å². The van der Waals surface area contributed by atoms with Gasteiger partial charge in [0.25, 0.3) is 0 Å². The molecule has 0 saturated heterocycles. The summed E-state index contributed by atoms with van der Waals surface area (Å²) in [5, 5.41) is 11.0. The van der Waals surface area contributed by atoms with Crippen molar-refractivity contribution in [1.82, 2.24) is 0 Å². The van der Waals surface area contributed by atoms with Crippen LogP contribution in [-0.2, 0) is 0 Å². The van der Waals surface area contributed by atoms with Crippen LogP contribution in [0.1, 0.15) is 25.8 Å². The van der Waals surface area contributed by atoms with Crippen LogP contribution in [0.2, 0.25) is 0 Å².